The summed E-state index contributed by atoms with van der Waals surface area (Å²) in [6.07, 6.45) is 0. The molecule has 0 bridgehead atoms. The van der Waals surface area contributed by atoms with Crippen molar-refractivity contribution in [1.82, 2.24) is 9.55 Å². The number of nitrogens with zero attached hydrogens (tertiary/aromatic N) is 2. The molecule has 1 aromatic heterocycles. The van der Waals surface area contributed by atoms with Gasteiger partial charge in [-0.3, -0.25) is 4.57 Å². The summed E-state index contributed by atoms with van der Waals surface area (Å²) in [5, 5.41) is 0. The van der Waals surface area contributed by atoms with Crippen LogP contribution >= 0.6 is 15.9 Å². The van der Waals surface area contributed by atoms with Crippen molar-refractivity contribution in [1.29, 1.82) is 0 Å². The molecule has 19 heavy (non-hydrogen) atoms. The van der Waals surface area contributed by atoms with Gasteiger partial charge >= 0.3 is 0 Å². The zero-order chi connectivity index (χ0) is 13.6. The molecule has 96 valence electrons. The number of hydrogen-bond acceptors (Lipinski definition) is 2. The summed E-state index contributed by atoms with van der Waals surface area (Å²) in [4.78, 5) is 4.31. The molecule has 2 aromatic carbocycles. The lowest BCUT2D eigenvalue weighted by Gasteiger charge is -2.10. The second kappa shape index (κ2) is 4.35. The summed E-state index contributed by atoms with van der Waals surface area (Å²) in [6, 6.07) is 10.6. The van der Waals surface area contributed by atoms with Gasteiger partial charge in [-0.25, -0.2) is 9.37 Å². The van der Waals surface area contributed by atoms with E-state index in [9.17, 15) is 4.39 Å². The van der Waals surface area contributed by atoms with Crippen LogP contribution in [0.15, 0.2) is 40.9 Å². The first-order chi connectivity index (χ1) is 9.08. The summed E-state index contributed by atoms with van der Waals surface area (Å²) in [7, 11) is 0. The van der Waals surface area contributed by atoms with Crippen molar-refractivity contribution >= 4 is 32.9 Å². The lowest BCUT2D eigenvalue weighted by Crippen LogP contribution is -2.03. The number of aromatic nitrogens is 2. The number of fused-ring (bicyclic) bond motifs is 1. The van der Waals surface area contributed by atoms with Gasteiger partial charge in [0.2, 0.25) is 5.95 Å². The van der Waals surface area contributed by atoms with E-state index in [2.05, 4.69) is 20.9 Å². The molecule has 0 aliphatic rings. The Kier molecular flexibility index (Phi) is 2.78. The average Bonchev–Trinajstić information content (AvgIpc) is 2.68. The van der Waals surface area contributed by atoms with Crippen LogP contribution in [0.1, 0.15) is 5.56 Å². The summed E-state index contributed by atoms with van der Waals surface area (Å²) in [6.45, 7) is 1.73. The molecule has 0 aliphatic heterocycles. The van der Waals surface area contributed by atoms with Gasteiger partial charge in [-0.2, -0.15) is 0 Å². The zero-order valence-electron chi connectivity index (χ0n) is 10.2. The van der Waals surface area contributed by atoms with Crippen LogP contribution in [0, 0.1) is 12.7 Å². The molecule has 0 saturated heterocycles. The Hall–Kier alpha value is -1.88. The van der Waals surface area contributed by atoms with Gasteiger partial charge in [0.05, 0.1) is 16.7 Å². The topological polar surface area (TPSA) is 43.8 Å². The first-order valence-corrected chi connectivity index (χ1v) is 6.56. The molecule has 2 N–H and O–H groups in total. The van der Waals surface area contributed by atoms with Gasteiger partial charge < -0.3 is 5.73 Å². The fraction of sp³-hybridized carbons (Fsp3) is 0.0714. The van der Waals surface area contributed by atoms with Gasteiger partial charge in [-0.15, -0.1) is 0 Å². The Morgan fingerprint density at radius 3 is 2.84 bits per heavy atom. The Balaban J connectivity index is 2.36. The molecule has 3 nitrogen and oxygen atoms in total. The normalized spacial score (nSPS) is 11.1. The third kappa shape index (κ3) is 1.90. The zero-order valence-corrected chi connectivity index (χ0v) is 11.8. The highest BCUT2D eigenvalue weighted by molar-refractivity contribution is 9.10. The largest absolute Gasteiger partial charge is 0.369 e. The summed E-state index contributed by atoms with van der Waals surface area (Å²) >= 11 is 3.40. The number of nitrogen functional groups attached to an aromatic ring is 1. The van der Waals surface area contributed by atoms with E-state index in [4.69, 9.17) is 5.73 Å². The molecule has 0 amide bonds. The molecule has 3 aromatic rings. The molecular weight excluding hydrogens is 309 g/mol. The van der Waals surface area contributed by atoms with Crippen LogP contribution in [0.4, 0.5) is 10.3 Å². The molecule has 0 atom stereocenters. The van der Waals surface area contributed by atoms with Crippen LogP contribution in [-0.4, -0.2) is 9.55 Å². The molecule has 0 aliphatic carbocycles. The predicted octanol–water partition coefficient (Wildman–Crippen LogP) is 3.82. The first kappa shape index (κ1) is 12.2. The third-order valence-electron chi connectivity index (χ3n) is 3.12. The molecule has 0 fully saturated rings. The molecule has 0 saturated carbocycles. The van der Waals surface area contributed by atoms with Crippen LogP contribution in [0.25, 0.3) is 16.7 Å². The average molecular weight is 320 g/mol. The van der Waals surface area contributed by atoms with Crippen LogP contribution in [0.5, 0.6) is 0 Å². The lowest BCUT2D eigenvalue weighted by molar-refractivity contribution is 0.617. The van der Waals surface area contributed by atoms with E-state index in [0.29, 0.717) is 17.2 Å². The van der Waals surface area contributed by atoms with E-state index in [0.717, 1.165) is 15.5 Å². The fourth-order valence-corrected chi connectivity index (χ4v) is 2.51. The molecule has 0 spiro atoms. The minimum atomic E-state index is -0.254. The minimum absolute atomic E-state index is 0.254. The third-order valence-corrected chi connectivity index (χ3v) is 3.62. The quantitative estimate of drug-likeness (QED) is 0.741. The van der Waals surface area contributed by atoms with Crippen LogP contribution in [0.3, 0.4) is 0 Å². The number of imidazole rings is 1. The monoisotopic (exact) mass is 319 g/mol. The van der Waals surface area contributed by atoms with Gasteiger partial charge in [0.1, 0.15) is 5.82 Å². The van der Waals surface area contributed by atoms with Crippen LogP contribution in [-0.2, 0) is 0 Å². The van der Waals surface area contributed by atoms with E-state index in [1.165, 1.54) is 6.07 Å². The Morgan fingerprint density at radius 1 is 1.26 bits per heavy atom. The van der Waals surface area contributed by atoms with Gasteiger partial charge in [0, 0.05) is 10.0 Å². The first-order valence-electron chi connectivity index (χ1n) is 5.77. The summed E-state index contributed by atoms with van der Waals surface area (Å²) in [5.41, 5.74) is 8.86. The van der Waals surface area contributed by atoms with E-state index >= 15 is 0 Å². The fourth-order valence-electron chi connectivity index (χ4n) is 2.16. The molecule has 1 heterocycles. The van der Waals surface area contributed by atoms with Crippen molar-refractivity contribution in [3.63, 3.8) is 0 Å². The number of halogens is 2. The van der Waals surface area contributed by atoms with E-state index in [-0.39, 0.29) is 5.82 Å². The van der Waals surface area contributed by atoms with Crippen molar-refractivity contribution in [3.05, 3.63) is 52.3 Å². The van der Waals surface area contributed by atoms with Crippen LogP contribution < -0.4 is 5.73 Å². The highest BCUT2D eigenvalue weighted by Gasteiger charge is 2.13. The number of hydrogen-bond donors (Lipinski definition) is 1. The highest BCUT2D eigenvalue weighted by Crippen LogP contribution is 2.27. The van der Waals surface area contributed by atoms with Crippen molar-refractivity contribution in [3.8, 4) is 5.69 Å². The number of benzene rings is 2. The van der Waals surface area contributed by atoms with E-state index in [1.807, 2.05) is 24.3 Å². The summed E-state index contributed by atoms with van der Waals surface area (Å²) in [5.74, 6) is 0.0951. The maximum Gasteiger partial charge on any atom is 0.205 e. The minimum Gasteiger partial charge on any atom is -0.369 e. The molecule has 3 rings (SSSR count). The second-order valence-electron chi connectivity index (χ2n) is 4.32. The summed E-state index contributed by atoms with van der Waals surface area (Å²) < 4.78 is 16.4. The molecular formula is C14H11BrFN3. The maximum absolute atomic E-state index is 13.7. The van der Waals surface area contributed by atoms with Crippen molar-refractivity contribution in [2.75, 3.05) is 5.73 Å². The van der Waals surface area contributed by atoms with Crippen molar-refractivity contribution < 1.29 is 4.39 Å². The Bertz CT molecular complexity index is 780. The van der Waals surface area contributed by atoms with Gasteiger partial charge in [-0.05, 0) is 37.3 Å². The number of anilines is 1. The Morgan fingerprint density at radius 2 is 2.05 bits per heavy atom. The Labute approximate surface area is 118 Å². The van der Waals surface area contributed by atoms with Gasteiger partial charge in [0.15, 0.2) is 0 Å². The molecule has 0 unspecified atom stereocenters. The molecule has 5 heteroatoms. The van der Waals surface area contributed by atoms with E-state index in [1.54, 1.807) is 17.6 Å². The smallest absolute Gasteiger partial charge is 0.205 e. The SMILES string of the molecule is Cc1c(F)cccc1-n1c(N)nc2cc(Br)ccc21. The van der Waals surface area contributed by atoms with E-state index < -0.39 is 0 Å². The van der Waals surface area contributed by atoms with Crippen molar-refractivity contribution in [2.45, 2.75) is 6.92 Å². The second-order valence-corrected chi connectivity index (χ2v) is 5.24. The number of nitrogens with two attached hydrogens (primary N) is 1. The lowest BCUT2D eigenvalue weighted by atomic mass is 10.2. The predicted molar refractivity (Wildman–Crippen MR) is 77.9 cm³/mol. The molecule has 0 radical (unpaired) electrons. The maximum atomic E-state index is 13.7. The van der Waals surface area contributed by atoms with Gasteiger partial charge in [-0.1, -0.05) is 22.0 Å². The highest BCUT2D eigenvalue weighted by atomic mass is 79.9. The van der Waals surface area contributed by atoms with Crippen molar-refractivity contribution in [2.24, 2.45) is 0 Å². The van der Waals surface area contributed by atoms with Crippen LogP contribution in [0.2, 0.25) is 0 Å². The van der Waals surface area contributed by atoms with Gasteiger partial charge in [0.25, 0.3) is 0 Å². The standard InChI is InChI=1S/C14H11BrFN3/c1-8-10(16)3-2-4-12(8)19-13-6-5-9(15)7-11(13)18-14(19)17/h2-7H,1H3,(H2,17,18). The number of rotatable bonds is 1.